The molecule has 0 amide bonds. The number of rotatable bonds is 4. The van der Waals surface area contributed by atoms with E-state index in [0.29, 0.717) is 12.8 Å². The van der Waals surface area contributed by atoms with E-state index in [0.717, 1.165) is 6.29 Å². The summed E-state index contributed by atoms with van der Waals surface area (Å²) in [5.74, 6) is -0.460. The van der Waals surface area contributed by atoms with Gasteiger partial charge in [-0.2, -0.15) is 0 Å². The fourth-order valence-electron chi connectivity index (χ4n) is 1.95. The van der Waals surface area contributed by atoms with Gasteiger partial charge in [0.1, 0.15) is 12.1 Å². The zero-order valence-electron chi connectivity index (χ0n) is 8.19. The summed E-state index contributed by atoms with van der Waals surface area (Å²) in [6, 6.07) is 0. The number of hydrogen-bond donors (Lipinski definition) is 0. The molecule has 1 aliphatic rings. The van der Waals surface area contributed by atoms with Gasteiger partial charge in [-0.25, -0.2) is 0 Å². The molecule has 2 atom stereocenters. The Kier molecular flexibility index (Phi) is 3.80. The Balaban J connectivity index is 2.55. The van der Waals surface area contributed by atoms with Crippen LogP contribution in [0.15, 0.2) is 0 Å². The highest BCUT2D eigenvalue weighted by molar-refractivity contribution is 5.86. The van der Waals surface area contributed by atoms with Gasteiger partial charge in [0.05, 0.1) is 7.11 Å². The van der Waals surface area contributed by atoms with Crippen LogP contribution in [-0.2, 0) is 19.1 Å². The summed E-state index contributed by atoms with van der Waals surface area (Å²) in [7, 11) is 1.33. The third-order valence-corrected chi connectivity index (χ3v) is 2.75. The molecule has 1 fully saturated rings. The number of methoxy groups -OCH3 is 1. The van der Waals surface area contributed by atoms with Crippen molar-refractivity contribution in [2.45, 2.75) is 25.7 Å². The first-order valence-electron chi connectivity index (χ1n) is 4.72. The van der Waals surface area contributed by atoms with E-state index in [2.05, 4.69) is 4.74 Å². The SMILES string of the molecule is COC(=O)CC1CCC(=O)C1CC=O. The Morgan fingerprint density at radius 3 is 2.93 bits per heavy atom. The van der Waals surface area contributed by atoms with Crippen LogP contribution in [0.2, 0.25) is 0 Å². The van der Waals surface area contributed by atoms with Crippen LogP contribution in [0.5, 0.6) is 0 Å². The van der Waals surface area contributed by atoms with Crippen molar-refractivity contribution in [1.82, 2.24) is 0 Å². The molecule has 0 aromatic heterocycles. The summed E-state index contributed by atoms with van der Waals surface area (Å²) in [4.78, 5) is 32.7. The number of Topliss-reactive ketones (excluding diaryl/α,β-unsaturated/α-hetero) is 1. The number of ether oxygens (including phenoxy) is 1. The summed E-state index contributed by atoms with van der Waals surface area (Å²) in [6.45, 7) is 0. The molecule has 4 heteroatoms. The van der Waals surface area contributed by atoms with Crippen molar-refractivity contribution in [2.24, 2.45) is 11.8 Å². The average molecular weight is 198 g/mol. The van der Waals surface area contributed by atoms with Crippen molar-refractivity contribution in [1.29, 1.82) is 0 Å². The second-order valence-corrected chi connectivity index (χ2v) is 3.55. The lowest BCUT2D eigenvalue weighted by molar-refractivity contribution is -0.142. The van der Waals surface area contributed by atoms with Crippen LogP contribution in [0, 0.1) is 11.8 Å². The van der Waals surface area contributed by atoms with Crippen LogP contribution >= 0.6 is 0 Å². The van der Waals surface area contributed by atoms with E-state index in [9.17, 15) is 14.4 Å². The van der Waals surface area contributed by atoms with Gasteiger partial charge >= 0.3 is 5.97 Å². The highest BCUT2D eigenvalue weighted by atomic mass is 16.5. The monoisotopic (exact) mass is 198 g/mol. The van der Waals surface area contributed by atoms with E-state index >= 15 is 0 Å². The molecule has 0 N–H and O–H groups in total. The molecular formula is C10H14O4. The molecule has 0 spiro atoms. The van der Waals surface area contributed by atoms with Gasteiger partial charge in [-0.15, -0.1) is 0 Å². The molecule has 1 rings (SSSR count). The number of aldehydes is 1. The first-order valence-corrected chi connectivity index (χ1v) is 4.72. The normalized spacial score (nSPS) is 26.2. The van der Waals surface area contributed by atoms with E-state index in [1.54, 1.807) is 0 Å². The fraction of sp³-hybridized carbons (Fsp3) is 0.700. The number of carbonyl (C=O) groups is 3. The number of ketones is 1. The molecule has 0 saturated heterocycles. The zero-order chi connectivity index (χ0) is 10.6. The van der Waals surface area contributed by atoms with E-state index < -0.39 is 0 Å². The largest absolute Gasteiger partial charge is 0.469 e. The Hall–Kier alpha value is -1.19. The van der Waals surface area contributed by atoms with Crippen LogP contribution in [0.1, 0.15) is 25.7 Å². The minimum atomic E-state index is -0.305. The lowest BCUT2D eigenvalue weighted by Crippen LogP contribution is -2.18. The van der Waals surface area contributed by atoms with Crippen LogP contribution in [-0.4, -0.2) is 25.1 Å². The highest BCUT2D eigenvalue weighted by Gasteiger charge is 2.35. The van der Waals surface area contributed by atoms with E-state index in [4.69, 9.17) is 0 Å². The molecule has 0 aromatic rings. The molecule has 78 valence electrons. The van der Waals surface area contributed by atoms with E-state index in [1.807, 2.05) is 0 Å². The summed E-state index contributed by atoms with van der Waals surface area (Å²) in [5, 5.41) is 0. The molecule has 0 heterocycles. The van der Waals surface area contributed by atoms with Crippen LogP contribution in [0.3, 0.4) is 0 Å². The Morgan fingerprint density at radius 1 is 1.64 bits per heavy atom. The fourth-order valence-corrected chi connectivity index (χ4v) is 1.95. The van der Waals surface area contributed by atoms with Crippen molar-refractivity contribution < 1.29 is 19.1 Å². The van der Waals surface area contributed by atoms with Crippen LogP contribution < -0.4 is 0 Å². The topological polar surface area (TPSA) is 60.4 Å². The molecule has 4 nitrogen and oxygen atoms in total. The van der Waals surface area contributed by atoms with Gasteiger partial charge in [-0.3, -0.25) is 9.59 Å². The Bertz CT molecular complexity index is 247. The highest BCUT2D eigenvalue weighted by Crippen LogP contribution is 2.33. The molecule has 0 radical (unpaired) electrons. The summed E-state index contributed by atoms with van der Waals surface area (Å²) >= 11 is 0. The second-order valence-electron chi connectivity index (χ2n) is 3.55. The molecule has 1 aliphatic carbocycles. The maximum Gasteiger partial charge on any atom is 0.305 e. The van der Waals surface area contributed by atoms with Gasteiger partial charge in [0.25, 0.3) is 0 Å². The standard InChI is InChI=1S/C10H14O4/c1-14-10(13)6-7-2-3-9(12)8(7)4-5-11/h5,7-8H,2-4,6H2,1H3. The van der Waals surface area contributed by atoms with Gasteiger partial charge in [-0.1, -0.05) is 0 Å². The predicted octanol–water partition coefficient (Wildman–Crippen LogP) is 0.734. The van der Waals surface area contributed by atoms with Gasteiger partial charge in [-0.05, 0) is 12.3 Å². The smallest absolute Gasteiger partial charge is 0.305 e. The minimum absolute atomic E-state index is 0.000139. The third-order valence-electron chi connectivity index (χ3n) is 2.75. The molecule has 0 aromatic carbocycles. The van der Waals surface area contributed by atoms with Crippen LogP contribution in [0.4, 0.5) is 0 Å². The van der Waals surface area contributed by atoms with Crippen LogP contribution in [0.25, 0.3) is 0 Å². The zero-order valence-corrected chi connectivity index (χ0v) is 8.19. The van der Waals surface area contributed by atoms with E-state index in [-0.39, 0.29) is 36.4 Å². The average Bonchev–Trinajstić information content (AvgIpc) is 2.50. The molecule has 14 heavy (non-hydrogen) atoms. The maximum atomic E-state index is 11.3. The number of hydrogen-bond acceptors (Lipinski definition) is 4. The number of esters is 1. The van der Waals surface area contributed by atoms with Gasteiger partial charge < -0.3 is 9.53 Å². The Morgan fingerprint density at radius 2 is 2.36 bits per heavy atom. The van der Waals surface area contributed by atoms with Crippen molar-refractivity contribution >= 4 is 18.0 Å². The summed E-state index contributed by atoms with van der Waals surface area (Å²) in [6.07, 6.45) is 2.42. The molecule has 2 unspecified atom stereocenters. The predicted molar refractivity (Wildman–Crippen MR) is 48.5 cm³/mol. The van der Waals surface area contributed by atoms with Gasteiger partial charge in [0.2, 0.25) is 0 Å². The van der Waals surface area contributed by atoms with Crippen molar-refractivity contribution in [3.8, 4) is 0 Å². The van der Waals surface area contributed by atoms with Gasteiger partial charge in [0.15, 0.2) is 0 Å². The second kappa shape index (κ2) is 4.88. The van der Waals surface area contributed by atoms with E-state index in [1.165, 1.54) is 7.11 Å². The summed E-state index contributed by atoms with van der Waals surface area (Å²) < 4.78 is 4.54. The van der Waals surface area contributed by atoms with Crippen molar-refractivity contribution in [3.63, 3.8) is 0 Å². The quantitative estimate of drug-likeness (QED) is 0.493. The molecule has 1 saturated carbocycles. The number of carbonyl (C=O) groups excluding carboxylic acids is 3. The lowest BCUT2D eigenvalue weighted by Gasteiger charge is -2.13. The third kappa shape index (κ3) is 2.40. The minimum Gasteiger partial charge on any atom is -0.469 e. The van der Waals surface area contributed by atoms with Crippen molar-refractivity contribution in [2.75, 3.05) is 7.11 Å². The van der Waals surface area contributed by atoms with Crippen molar-refractivity contribution in [3.05, 3.63) is 0 Å². The molecular weight excluding hydrogens is 184 g/mol. The molecule has 0 bridgehead atoms. The summed E-state index contributed by atoms with van der Waals surface area (Å²) in [5.41, 5.74) is 0. The maximum absolute atomic E-state index is 11.3. The first kappa shape index (κ1) is 10.9. The molecule has 0 aliphatic heterocycles. The lowest BCUT2D eigenvalue weighted by atomic mass is 9.90. The van der Waals surface area contributed by atoms with Gasteiger partial charge in [0, 0.05) is 25.2 Å². The Labute approximate surface area is 82.6 Å². The first-order chi connectivity index (χ1) is 6.69.